The van der Waals surface area contributed by atoms with Crippen molar-refractivity contribution < 1.29 is 9.63 Å². The maximum absolute atomic E-state index is 9.49. The number of hydrogen-bond acceptors (Lipinski definition) is 5. The highest BCUT2D eigenvalue weighted by molar-refractivity contribution is 6.30. The van der Waals surface area contributed by atoms with E-state index in [1.807, 2.05) is 24.3 Å². The van der Waals surface area contributed by atoms with Gasteiger partial charge in [0.1, 0.15) is 0 Å². The van der Waals surface area contributed by atoms with Crippen molar-refractivity contribution in [3.63, 3.8) is 0 Å². The molecule has 1 fully saturated rings. The lowest BCUT2D eigenvalue weighted by Gasteiger charge is -2.28. The molecule has 1 N–H and O–H groups in total. The Morgan fingerprint density at radius 3 is 2.90 bits per heavy atom. The molecule has 1 aromatic carbocycles. The highest BCUT2D eigenvalue weighted by atomic mass is 35.5. The van der Waals surface area contributed by atoms with E-state index in [0.717, 1.165) is 44.5 Å². The smallest absolute Gasteiger partial charge is 0.228 e. The molecule has 1 aromatic heterocycles. The fraction of sp³-hybridized carbons (Fsp3) is 0.467. The first-order valence-corrected chi connectivity index (χ1v) is 7.57. The largest absolute Gasteiger partial charge is 0.393 e. The first kappa shape index (κ1) is 14.5. The van der Waals surface area contributed by atoms with Crippen molar-refractivity contribution >= 4 is 11.6 Å². The van der Waals surface area contributed by atoms with Crippen LogP contribution in [0, 0.1) is 0 Å². The number of benzene rings is 1. The van der Waals surface area contributed by atoms with Crippen LogP contribution in [0.1, 0.15) is 18.7 Å². The van der Waals surface area contributed by atoms with Gasteiger partial charge >= 0.3 is 0 Å². The molecule has 2 aromatic rings. The zero-order valence-corrected chi connectivity index (χ0v) is 12.5. The predicted molar refractivity (Wildman–Crippen MR) is 80.1 cm³/mol. The molecule has 0 atom stereocenters. The molecule has 21 heavy (non-hydrogen) atoms. The van der Waals surface area contributed by atoms with Crippen LogP contribution in [0.3, 0.4) is 0 Å². The van der Waals surface area contributed by atoms with Crippen LogP contribution in [-0.4, -0.2) is 45.9 Å². The van der Waals surface area contributed by atoms with Gasteiger partial charge in [0.25, 0.3) is 0 Å². The van der Waals surface area contributed by atoms with Gasteiger partial charge in [-0.3, -0.25) is 0 Å². The summed E-state index contributed by atoms with van der Waals surface area (Å²) in [6.07, 6.45) is 2.28. The normalized spacial score (nSPS) is 17.2. The molecule has 0 unspecified atom stereocenters. The lowest BCUT2D eigenvalue weighted by atomic mass is 10.1. The number of aliphatic hydroxyl groups excluding tert-OH is 1. The number of aromatic nitrogens is 2. The third-order valence-corrected chi connectivity index (χ3v) is 3.99. The second-order valence-corrected chi connectivity index (χ2v) is 5.78. The van der Waals surface area contributed by atoms with Crippen LogP contribution in [0.4, 0.5) is 0 Å². The summed E-state index contributed by atoms with van der Waals surface area (Å²) in [7, 11) is 0. The summed E-state index contributed by atoms with van der Waals surface area (Å²) >= 11 is 5.96. The quantitative estimate of drug-likeness (QED) is 0.939. The Morgan fingerprint density at radius 2 is 2.14 bits per heavy atom. The Morgan fingerprint density at radius 1 is 1.33 bits per heavy atom. The van der Waals surface area contributed by atoms with Crippen molar-refractivity contribution in [1.29, 1.82) is 0 Å². The number of halogens is 1. The van der Waals surface area contributed by atoms with Crippen molar-refractivity contribution in [3.05, 3.63) is 35.2 Å². The van der Waals surface area contributed by atoms with E-state index in [9.17, 15) is 5.11 Å². The van der Waals surface area contributed by atoms with E-state index in [0.29, 0.717) is 16.7 Å². The van der Waals surface area contributed by atoms with Crippen molar-refractivity contribution in [2.45, 2.75) is 25.4 Å². The second-order valence-electron chi connectivity index (χ2n) is 5.34. The van der Waals surface area contributed by atoms with Crippen LogP contribution in [-0.2, 0) is 6.42 Å². The molecule has 0 spiro atoms. The maximum atomic E-state index is 9.49. The first-order valence-electron chi connectivity index (χ1n) is 7.19. The molecule has 2 heterocycles. The van der Waals surface area contributed by atoms with E-state index in [-0.39, 0.29) is 6.10 Å². The number of piperidine rings is 1. The molecule has 1 aliphatic rings. The van der Waals surface area contributed by atoms with Crippen LogP contribution in [0.5, 0.6) is 0 Å². The van der Waals surface area contributed by atoms with Crippen molar-refractivity contribution in [1.82, 2.24) is 15.0 Å². The summed E-state index contributed by atoms with van der Waals surface area (Å²) in [4.78, 5) is 6.72. The van der Waals surface area contributed by atoms with E-state index >= 15 is 0 Å². The minimum atomic E-state index is -0.140. The zero-order chi connectivity index (χ0) is 14.7. The molecule has 1 aliphatic heterocycles. The van der Waals surface area contributed by atoms with Gasteiger partial charge in [0.05, 0.1) is 6.10 Å². The molecule has 5 nitrogen and oxygen atoms in total. The highest BCUT2D eigenvalue weighted by Gasteiger charge is 2.17. The molecule has 6 heteroatoms. The van der Waals surface area contributed by atoms with E-state index in [1.54, 1.807) is 0 Å². The van der Waals surface area contributed by atoms with Gasteiger partial charge in [-0.2, -0.15) is 4.98 Å². The van der Waals surface area contributed by atoms with Crippen LogP contribution in [0.25, 0.3) is 11.4 Å². The fourth-order valence-corrected chi connectivity index (χ4v) is 2.69. The number of nitrogens with zero attached hydrogens (tertiary/aromatic N) is 3. The molecule has 3 rings (SSSR count). The Kier molecular flexibility index (Phi) is 4.53. The molecular weight excluding hydrogens is 290 g/mol. The van der Waals surface area contributed by atoms with Gasteiger partial charge < -0.3 is 14.5 Å². The summed E-state index contributed by atoms with van der Waals surface area (Å²) in [5, 5.41) is 14.1. The topological polar surface area (TPSA) is 62.4 Å². The first-order chi connectivity index (χ1) is 10.2. The highest BCUT2D eigenvalue weighted by Crippen LogP contribution is 2.20. The summed E-state index contributed by atoms with van der Waals surface area (Å²) in [5.74, 6) is 1.21. The average Bonchev–Trinajstić information content (AvgIpc) is 2.96. The molecule has 112 valence electrons. The summed E-state index contributed by atoms with van der Waals surface area (Å²) in [5.41, 5.74) is 0.860. The van der Waals surface area contributed by atoms with Gasteiger partial charge in [-0.25, -0.2) is 0 Å². The van der Waals surface area contributed by atoms with Crippen LogP contribution in [0.2, 0.25) is 5.02 Å². The van der Waals surface area contributed by atoms with Gasteiger partial charge in [-0.1, -0.05) is 28.9 Å². The maximum Gasteiger partial charge on any atom is 0.228 e. The Labute approximate surface area is 128 Å². The van der Waals surface area contributed by atoms with Gasteiger partial charge in [0.15, 0.2) is 0 Å². The lowest BCUT2D eigenvalue weighted by molar-refractivity contribution is 0.0822. The average molecular weight is 308 g/mol. The second kappa shape index (κ2) is 6.56. The van der Waals surface area contributed by atoms with E-state index in [4.69, 9.17) is 16.1 Å². The number of hydrogen-bond donors (Lipinski definition) is 1. The molecule has 0 bridgehead atoms. The standard InChI is InChI=1S/C15H18ClN3O2/c16-12-3-1-2-11(10-12)15-17-14(21-18-15)6-9-19-7-4-13(20)5-8-19/h1-3,10,13,20H,4-9H2. The van der Waals surface area contributed by atoms with Crippen LogP contribution in [0.15, 0.2) is 28.8 Å². The van der Waals surface area contributed by atoms with Gasteiger partial charge in [-0.05, 0) is 25.0 Å². The SMILES string of the molecule is OC1CCN(CCc2nc(-c3cccc(Cl)c3)no2)CC1. The minimum Gasteiger partial charge on any atom is -0.393 e. The Hall–Kier alpha value is -1.43. The third kappa shape index (κ3) is 3.81. The molecule has 0 aliphatic carbocycles. The molecule has 1 saturated heterocycles. The molecule has 0 saturated carbocycles. The monoisotopic (exact) mass is 307 g/mol. The van der Waals surface area contributed by atoms with E-state index < -0.39 is 0 Å². The molecule has 0 radical (unpaired) electrons. The summed E-state index contributed by atoms with van der Waals surface area (Å²) in [6, 6.07) is 7.41. The Bertz CT molecular complexity index is 594. The molecular formula is C15H18ClN3O2. The fourth-order valence-electron chi connectivity index (χ4n) is 2.50. The van der Waals surface area contributed by atoms with Crippen molar-refractivity contribution in [2.24, 2.45) is 0 Å². The molecule has 0 amide bonds. The number of rotatable bonds is 4. The van der Waals surface area contributed by atoms with Crippen molar-refractivity contribution in [2.75, 3.05) is 19.6 Å². The van der Waals surface area contributed by atoms with E-state index in [1.165, 1.54) is 0 Å². The van der Waals surface area contributed by atoms with Crippen LogP contribution >= 0.6 is 11.6 Å². The number of likely N-dealkylation sites (tertiary alicyclic amines) is 1. The Balaban J connectivity index is 1.58. The lowest BCUT2D eigenvalue weighted by Crippen LogP contribution is -2.37. The summed E-state index contributed by atoms with van der Waals surface area (Å²) < 4.78 is 5.29. The van der Waals surface area contributed by atoms with Crippen LogP contribution < -0.4 is 0 Å². The van der Waals surface area contributed by atoms with Crippen molar-refractivity contribution in [3.8, 4) is 11.4 Å². The minimum absolute atomic E-state index is 0.140. The predicted octanol–water partition coefficient (Wildman–Crippen LogP) is 2.39. The third-order valence-electron chi connectivity index (χ3n) is 3.75. The number of aliphatic hydroxyl groups is 1. The van der Waals surface area contributed by atoms with Gasteiger partial charge in [0, 0.05) is 36.6 Å². The van der Waals surface area contributed by atoms with Gasteiger partial charge in [0.2, 0.25) is 11.7 Å². The summed E-state index contributed by atoms with van der Waals surface area (Å²) in [6.45, 7) is 2.73. The van der Waals surface area contributed by atoms with E-state index in [2.05, 4.69) is 15.0 Å². The zero-order valence-electron chi connectivity index (χ0n) is 11.7. The van der Waals surface area contributed by atoms with Gasteiger partial charge in [-0.15, -0.1) is 0 Å².